The van der Waals surface area contributed by atoms with Crippen LogP contribution in [0.25, 0.3) is 0 Å². The molecule has 1 aromatic carbocycles. The second-order valence-electron chi connectivity index (χ2n) is 6.36. The van der Waals surface area contributed by atoms with E-state index in [0.717, 1.165) is 24.5 Å². The van der Waals surface area contributed by atoms with Crippen LogP contribution in [0.15, 0.2) is 24.3 Å². The molecule has 1 aliphatic rings. The summed E-state index contributed by atoms with van der Waals surface area (Å²) in [5.74, 6) is 0. The smallest absolute Gasteiger partial charge is 0.315 e. The van der Waals surface area contributed by atoms with Gasteiger partial charge >= 0.3 is 6.03 Å². The Labute approximate surface area is 154 Å². The minimum atomic E-state index is -3.32. The molecular formula is C15H24N4O5S2. The lowest BCUT2D eigenvalue weighted by molar-refractivity contribution is 0.225. The predicted molar refractivity (Wildman–Crippen MR) is 99.7 cm³/mol. The van der Waals surface area contributed by atoms with Crippen molar-refractivity contribution in [2.24, 2.45) is 0 Å². The molecule has 1 fully saturated rings. The van der Waals surface area contributed by atoms with Gasteiger partial charge in [-0.1, -0.05) is 12.1 Å². The van der Waals surface area contributed by atoms with Crippen LogP contribution in [0.2, 0.25) is 0 Å². The maximum atomic E-state index is 12.0. The van der Waals surface area contributed by atoms with Gasteiger partial charge in [-0.25, -0.2) is 25.9 Å². The normalized spacial score (nSPS) is 18.9. The van der Waals surface area contributed by atoms with Gasteiger partial charge in [-0.3, -0.25) is 4.72 Å². The second kappa shape index (κ2) is 8.23. The van der Waals surface area contributed by atoms with E-state index in [4.69, 9.17) is 0 Å². The topological polar surface area (TPSA) is 125 Å². The largest absolute Gasteiger partial charge is 0.334 e. The van der Waals surface area contributed by atoms with Gasteiger partial charge in [0.25, 0.3) is 0 Å². The summed E-state index contributed by atoms with van der Waals surface area (Å²) in [6.45, 7) is 1.03. The highest BCUT2D eigenvalue weighted by Crippen LogP contribution is 2.13. The van der Waals surface area contributed by atoms with Gasteiger partial charge in [-0.15, -0.1) is 0 Å². The predicted octanol–water partition coefficient (Wildman–Crippen LogP) is 0.281. The Morgan fingerprint density at radius 1 is 1.15 bits per heavy atom. The van der Waals surface area contributed by atoms with Crippen molar-refractivity contribution < 1.29 is 21.6 Å². The first-order chi connectivity index (χ1) is 12.0. The molecule has 0 bridgehead atoms. The minimum Gasteiger partial charge on any atom is -0.334 e. The van der Waals surface area contributed by atoms with Gasteiger partial charge in [0.05, 0.1) is 12.5 Å². The molecular weight excluding hydrogens is 380 g/mol. The summed E-state index contributed by atoms with van der Waals surface area (Å²) in [4.78, 5) is 12.0. The van der Waals surface area contributed by atoms with Gasteiger partial charge in [-0.2, -0.15) is 0 Å². The third-order valence-electron chi connectivity index (χ3n) is 3.90. The zero-order chi connectivity index (χ0) is 19.4. The Morgan fingerprint density at radius 3 is 2.38 bits per heavy atom. The van der Waals surface area contributed by atoms with E-state index in [-0.39, 0.29) is 25.2 Å². The van der Waals surface area contributed by atoms with E-state index in [1.165, 1.54) is 4.31 Å². The lowest BCUT2D eigenvalue weighted by Crippen LogP contribution is -2.51. The molecule has 0 spiro atoms. The van der Waals surface area contributed by atoms with Crippen LogP contribution in [0, 0.1) is 0 Å². The lowest BCUT2D eigenvalue weighted by Gasteiger charge is -2.31. The Hall–Kier alpha value is -1.85. The molecule has 1 aromatic rings. The maximum absolute atomic E-state index is 12.0. The number of sulfonamides is 2. The van der Waals surface area contributed by atoms with Crippen LogP contribution in [0.4, 0.5) is 10.5 Å². The van der Waals surface area contributed by atoms with Crippen molar-refractivity contribution >= 4 is 31.8 Å². The number of piperidine rings is 1. The molecule has 1 heterocycles. The van der Waals surface area contributed by atoms with E-state index in [1.807, 2.05) is 0 Å². The number of nitrogens with zero attached hydrogens (tertiary/aromatic N) is 1. The zero-order valence-corrected chi connectivity index (χ0v) is 16.4. The van der Waals surface area contributed by atoms with Crippen molar-refractivity contribution in [3.8, 4) is 0 Å². The summed E-state index contributed by atoms with van der Waals surface area (Å²) in [5, 5.41) is 5.50. The molecule has 1 saturated heterocycles. The molecule has 2 amide bonds. The fourth-order valence-electron chi connectivity index (χ4n) is 2.68. The van der Waals surface area contributed by atoms with E-state index in [9.17, 15) is 21.6 Å². The Kier molecular flexibility index (Phi) is 6.48. The van der Waals surface area contributed by atoms with Gasteiger partial charge in [0.1, 0.15) is 0 Å². The molecule has 9 nitrogen and oxygen atoms in total. The van der Waals surface area contributed by atoms with Crippen LogP contribution in [-0.4, -0.2) is 58.8 Å². The number of hydrogen-bond acceptors (Lipinski definition) is 5. The van der Waals surface area contributed by atoms with Crippen LogP contribution in [0.1, 0.15) is 18.4 Å². The first-order valence-electron chi connectivity index (χ1n) is 8.09. The molecule has 3 N–H and O–H groups in total. The summed E-state index contributed by atoms with van der Waals surface area (Å²) in [6, 6.07) is 6.05. The molecule has 1 atom stereocenters. The van der Waals surface area contributed by atoms with E-state index >= 15 is 0 Å². The van der Waals surface area contributed by atoms with Crippen LogP contribution in [0.3, 0.4) is 0 Å². The molecule has 1 aliphatic heterocycles. The molecule has 2 rings (SSSR count). The van der Waals surface area contributed by atoms with E-state index in [0.29, 0.717) is 18.7 Å². The van der Waals surface area contributed by atoms with Crippen LogP contribution >= 0.6 is 0 Å². The van der Waals surface area contributed by atoms with Gasteiger partial charge < -0.3 is 10.6 Å². The quantitative estimate of drug-likeness (QED) is 0.628. The fourth-order valence-corrected chi connectivity index (χ4v) is 4.16. The van der Waals surface area contributed by atoms with Crippen LogP contribution in [-0.2, 0) is 26.6 Å². The Balaban J connectivity index is 1.81. The van der Waals surface area contributed by atoms with Crippen LogP contribution in [0.5, 0.6) is 0 Å². The number of rotatable bonds is 6. The molecule has 11 heteroatoms. The summed E-state index contributed by atoms with van der Waals surface area (Å²) in [7, 11) is -6.58. The molecule has 0 aliphatic carbocycles. The van der Waals surface area contributed by atoms with E-state index < -0.39 is 20.0 Å². The highest BCUT2D eigenvalue weighted by Gasteiger charge is 2.26. The Bertz CT molecular complexity index is 837. The number of carbonyl (C=O) groups is 1. The SMILES string of the molecule is CS(=O)(=O)Nc1ccc(CNC(=O)N[C@H]2CCCN(S(C)(=O)=O)C2)cc1. The number of anilines is 1. The summed E-state index contributed by atoms with van der Waals surface area (Å²) < 4.78 is 49.2. The number of carbonyl (C=O) groups excluding carboxylic acids is 1. The molecule has 0 saturated carbocycles. The highest BCUT2D eigenvalue weighted by atomic mass is 32.2. The fraction of sp³-hybridized carbons (Fsp3) is 0.533. The maximum Gasteiger partial charge on any atom is 0.315 e. The average molecular weight is 405 g/mol. The van der Waals surface area contributed by atoms with Crippen molar-refractivity contribution in [2.45, 2.75) is 25.4 Å². The zero-order valence-electron chi connectivity index (χ0n) is 14.7. The first kappa shape index (κ1) is 20.5. The van der Waals surface area contributed by atoms with Gasteiger partial charge in [0.2, 0.25) is 20.0 Å². The molecule has 26 heavy (non-hydrogen) atoms. The van der Waals surface area contributed by atoms with Crippen molar-refractivity contribution in [2.75, 3.05) is 30.3 Å². The van der Waals surface area contributed by atoms with E-state index in [2.05, 4.69) is 15.4 Å². The second-order valence-corrected chi connectivity index (χ2v) is 10.1. The number of amides is 2. The number of benzene rings is 1. The molecule has 0 aromatic heterocycles. The molecule has 146 valence electrons. The highest BCUT2D eigenvalue weighted by molar-refractivity contribution is 7.92. The third-order valence-corrected chi connectivity index (χ3v) is 5.77. The summed E-state index contributed by atoms with van der Waals surface area (Å²) >= 11 is 0. The Morgan fingerprint density at radius 2 is 1.81 bits per heavy atom. The van der Waals surface area contributed by atoms with Crippen molar-refractivity contribution in [1.82, 2.24) is 14.9 Å². The molecule has 0 unspecified atom stereocenters. The monoisotopic (exact) mass is 404 g/mol. The van der Waals surface area contributed by atoms with Gasteiger partial charge in [-0.05, 0) is 30.5 Å². The summed E-state index contributed by atoms with van der Waals surface area (Å²) in [6.07, 6.45) is 3.67. The van der Waals surface area contributed by atoms with Crippen molar-refractivity contribution in [3.63, 3.8) is 0 Å². The molecule has 0 radical (unpaired) electrons. The number of hydrogen-bond donors (Lipinski definition) is 3. The lowest BCUT2D eigenvalue weighted by atomic mass is 10.1. The van der Waals surface area contributed by atoms with Crippen molar-refractivity contribution in [1.29, 1.82) is 0 Å². The summed E-state index contributed by atoms with van der Waals surface area (Å²) in [5.41, 5.74) is 1.25. The van der Waals surface area contributed by atoms with Gasteiger partial charge in [0.15, 0.2) is 0 Å². The number of nitrogens with one attached hydrogen (secondary N) is 3. The third kappa shape index (κ3) is 6.81. The van der Waals surface area contributed by atoms with E-state index in [1.54, 1.807) is 24.3 Å². The first-order valence-corrected chi connectivity index (χ1v) is 11.8. The number of urea groups is 1. The standard InChI is InChI=1S/C15H24N4O5S2/c1-25(21,22)18-13-7-5-12(6-8-13)10-16-15(20)17-14-4-3-9-19(11-14)26(2,23)24/h5-8,14,18H,3-4,9-11H2,1-2H3,(H2,16,17,20)/t14-/m0/s1. The van der Waals surface area contributed by atoms with Crippen molar-refractivity contribution in [3.05, 3.63) is 29.8 Å². The van der Waals surface area contributed by atoms with Crippen LogP contribution < -0.4 is 15.4 Å². The van der Waals surface area contributed by atoms with Gasteiger partial charge in [0, 0.05) is 31.4 Å². The minimum absolute atomic E-state index is 0.222. The average Bonchev–Trinajstić information content (AvgIpc) is 2.52.